The van der Waals surface area contributed by atoms with Crippen LogP contribution in [0.1, 0.15) is 89.2 Å². The highest BCUT2D eigenvalue weighted by atomic mass is 14.6. The van der Waals surface area contributed by atoms with Crippen molar-refractivity contribution in [3.63, 3.8) is 0 Å². The van der Waals surface area contributed by atoms with Crippen molar-refractivity contribution in [2.75, 3.05) is 0 Å². The van der Waals surface area contributed by atoms with Crippen LogP contribution in [0.5, 0.6) is 0 Å². The lowest BCUT2D eigenvalue weighted by Gasteiger charge is -2.54. The molecule has 1 aromatic rings. The zero-order chi connectivity index (χ0) is 16.7. The van der Waals surface area contributed by atoms with Gasteiger partial charge in [0.15, 0.2) is 0 Å². The van der Waals surface area contributed by atoms with Gasteiger partial charge in [0.05, 0.1) is 0 Å². The predicted octanol–water partition coefficient (Wildman–Crippen LogP) is 6.99. The van der Waals surface area contributed by atoms with Crippen LogP contribution in [0.3, 0.4) is 0 Å². The predicted molar refractivity (Wildman–Crippen MR) is 103 cm³/mol. The van der Waals surface area contributed by atoms with Crippen molar-refractivity contribution >= 4 is 0 Å². The zero-order valence-corrected chi connectivity index (χ0v) is 16.1. The van der Waals surface area contributed by atoms with E-state index in [-0.39, 0.29) is 0 Å². The molecular formula is C24H36. The van der Waals surface area contributed by atoms with E-state index in [0.717, 1.165) is 29.6 Å². The maximum atomic E-state index is 2.65. The third-order valence-corrected chi connectivity index (χ3v) is 8.20. The van der Waals surface area contributed by atoms with Crippen LogP contribution in [0.25, 0.3) is 0 Å². The first-order valence-electron chi connectivity index (χ1n) is 10.7. The minimum absolute atomic E-state index is 0.651. The first kappa shape index (κ1) is 16.7. The van der Waals surface area contributed by atoms with Crippen LogP contribution in [0, 0.1) is 29.1 Å². The van der Waals surface area contributed by atoms with E-state index in [9.17, 15) is 0 Å². The third kappa shape index (κ3) is 2.65. The van der Waals surface area contributed by atoms with Crippen LogP contribution < -0.4 is 0 Å². The Labute approximate surface area is 149 Å². The van der Waals surface area contributed by atoms with Crippen LogP contribution in [-0.2, 0) is 6.42 Å². The van der Waals surface area contributed by atoms with Crippen molar-refractivity contribution in [3.8, 4) is 0 Å². The highest BCUT2D eigenvalue weighted by Crippen LogP contribution is 2.64. The molecule has 0 spiro atoms. The molecule has 2 fully saturated rings. The number of unbranched alkanes of at least 4 members (excludes halogenated alkanes) is 1. The number of hydrogen-bond acceptors (Lipinski definition) is 0. The highest BCUT2D eigenvalue weighted by Gasteiger charge is 2.54. The van der Waals surface area contributed by atoms with E-state index in [2.05, 4.69) is 45.0 Å². The van der Waals surface area contributed by atoms with Gasteiger partial charge < -0.3 is 0 Å². The molecule has 132 valence electrons. The van der Waals surface area contributed by atoms with Crippen LogP contribution in [0.2, 0.25) is 0 Å². The van der Waals surface area contributed by atoms with Gasteiger partial charge in [0, 0.05) is 0 Å². The molecule has 0 radical (unpaired) electrons. The molecular weight excluding hydrogens is 288 g/mol. The Kier molecular flexibility index (Phi) is 4.52. The largest absolute Gasteiger partial charge is 0.0654 e. The molecule has 1 aromatic carbocycles. The zero-order valence-electron chi connectivity index (χ0n) is 16.1. The van der Waals surface area contributed by atoms with E-state index in [1.165, 1.54) is 57.8 Å². The number of aryl methyl sites for hydroxylation is 1. The topological polar surface area (TPSA) is 0 Å². The summed E-state index contributed by atoms with van der Waals surface area (Å²) in [4.78, 5) is 0. The van der Waals surface area contributed by atoms with Gasteiger partial charge in [0.2, 0.25) is 0 Å². The number of fused-ring (bicyclic) bond motifs is 5. The van der Waals surface area contributed by atoms with Gasteiger partial charge in [-0.2, -0.15) is 0 Å². The van der Waals surface area contributed by atoms with E-state index in [0.29, 0.717) is 5.41 Å². The molecule has 0 aromatic heterocycles. The van der Waals surface area contributed by atoms with E-state index >= 15 is 0 Å². The standard InChI is InChI=1S/C24H36/c1-4-5-9-17(2)21-16-24(3)15-8-12-22(24)20-14-13-18-10-6-7-11-19(18)23(20)21/h6-7,10-11,17,20-23H,4-5,8-9,12-16H2,1-3H3/t17?,20-,21?,22-,23+,24-/m0/s1. The minimum Gasteiger partial charge on any atom is -0.0654 e. The lowest BCUT2D eigenvalue weighted by molar-refractivity contribution is -0.00414. The van der Waals surface area contributed by atoms with Crippen molar-refractivity contribution in [2.45, 2.75) is 84.5 Å². The minimum atomic E-state index is 0.651. The van der Waals surface area contributed by atoms with Crippen molar-refractivity contribution < 1.29 is 0 Å². The van der Waals surface area contributed by atoms with Crippen molar-refractivity contribution in [3.05, 3.63) is 35.4 Å². The average Bonchev–Trinajstić information content (AvgIpc) is 3.00. The maximum Gasteiger partial charge on any atom is -0.00968 e. The Morgan fingerprint density at radius 3 is 2.88 bits per heavy atom. The molecule has 24 heavy (non-hydrogen) atoms. The van der Waals surface area contributed by atoms with Crippen molar-refractivity contribution in [1.29, 1.82) is 0 Å². The second kappa shape index (κ2) is 6.50. The second-order valence-corrected chi connectivity index (χ2v) is 9.57. The van der Waals surface area contributed by atoms with Gasteiger partial charge in [-0.15, -0.1) is 0 Å². The summed E-state index contributed by atoms with van der Waals surface area (Å²) in [6.45, 7) is 7.58. The lowest BCUT2D eigenvalue weighted by Crippen LogP contribution is -2.46. The van der Waals surface area contributed by atoms with Gasteiger partial charge >= 0.3 is 0 Å². The van der Waals surface area contributed by atoms with Crippen molar-refractivity contribution in [1.82, 2.24) is 0 Å². The Hall–Kier alpha value is -0.780. The van der Waals surface area contributed by atoms with Gasteiger partial charge in [-0.25, -0.2) is 0 Å². The molecule has 0 saturated heterocycles. The monoisotopic (exact) mass is 324 g/mol. The molecule has 0 bridgehead atoms. The Morgan fingerprint density at radius 2 is 2.04 bits per heavy atom. The molecule has 0 heterocycles. The van der Waals surface area contributed by atoms with Gasteiger partial charge in [-0.1, -0.05) is 70.7 Å². The molecule has 4 rings (SSSR count). The molecule has 0 heteroatoms. The normalized spacial score (nSPS) is 39.0. The quantitative estimate of drug-likeness (QED) is 0.560. The molecule has 3 aliphatic rings. The van der Waals surface area contributed by atoms with Crippen LogP contribution >= 0.6 is 0 Å². The highest BCUT2D eigenvalue weighted by molar-refractivity contribution is 5.35. The molecule has 6 atom stereocenters. The Morgan fingerprint density at radius 1 is 1.21 bits per heavy atom. The summed E-state index contributed by atoms with van der Waals surface area (Å²) in [5.41, 5.74) is 4.07. The number of hydrogen-bond donors (Lipinski definition) is 0. The second-order valence-electron chi connectivity index (χ2n) is 9.57. The van der Waals surface area contributed by atoms with Gasteiger partial charge in [0.25, 0.3) is 0 Å². The summed E-state index contributed by atoms with van der Waals surface area (Å²) in [5.74, 6) is 4.64. The van der Waals surface area contributed by atoms with Crippen LogP contribution in [0.4, 0.5) is 0 Å². The number of rotatable bonds is 4. The van der Waals surface area contributed by atoms with Gasteiger partial charge in [-0.3, -0.25) is 0 Å². The van der Waals surface area contributed by atoms with E-state index < -0.39 is 0 Å². The van der Waals surface area contributed by atoms with Crippen LogP contribution in [0.15, 0.2) is 24.3 Å². The van der Waals surface area contributed by atoms with Crippen LogP contribution in [-0.4, -0.2) is 0 Å². The molecule has 0 aliphatic heterocycles. The van der Waals surface area contributed by atoms with E-state index in [4.69, 9.17) is 0 Å². The molecule has 0 amide bonds. The molecule has 2 unspecified atom stereocenters. The summed E-state index contributed by atoms with van der Waals surface area (Å²) in [7, 11) is 0. The van der Waals surface area contributed by atoms with Gasteiger partial charge in [-0.05, 0) is 78.2 Å². The fourth-order valence-electron chi connectivity index (χ4n) is 7.02. The fourth-order valence-corrected chi connectivity index (χ4v) is 7.02. The lowest BCUT2D eigenvalue weighted by atomic mass is 9.50. The summed E-state index contributed by atoms with van der Waals surface area (Å²) in [6.07, 6.45) is 13.0. The van der Waals surface area contributed by atoms with Gasteiger partial charge in [0.1, 0.15) is 0 Å². The summed E-state index contributed by atoms with van der Waals surface area (Å²) in [5, 5.41) is 0. The fraction of sp³-hybridized carbons (Fsp3) is 0.750. The summed E-state index contributed by atoms with van der Waals surface area (Å²) >= 11 is 0. The first-order chi connectivity index (χ1) is 11.6. The summed E-state index contributed by atoms with van der Waals surface area (Å²) in [6, 6.07) is 9.47. The van der Waals surface area contributed by atoms with E-state index in [1.54, 1.807) is 11.1 Å². The summed E-state index contributed by atoms with van der Waals surface area (Å²) < 4.78 is 0. The Bertz CT molecular complexity index is 573. The maximum absolute atomic E-state index is 2.65. The van der Waals surface area contributed by atoms with E-state index in [1.807, 2.05) is 0 Å². The molecule has 3 aliphatic carbocycles. The van der Waals surface area contributed by atoms with Crippen molar-refractivity contribution in [2.24, 2.45) is 29.1 Å². The Balaban J connectivity index is 1.71. The SMILES string of the molecule is CCCCC(C)C1C[C@]2(C)CCC[C@H]2[C@@H]2CCc3ccccc3[C@@H]12. The molecule has 0 N–H and O–H groups in total. The average molecular weight is 325 g/mol. The smallest absolute Gasteiger partial charge is 0.00968 e. The molecule has 0 nitrogen and oxygen atoms in total. The number of benzene rings is 1. The first-order valence-corrected chi connectivity index (χ1v) is 10.7. The molecule has 2 saturated carbocycles. The third-order valence-electron chi connectivity index (χ3n) is 8.20.